The molecule has 0 nitrogen and oxygen atoms in total. The molecule has 120 valence electrons. The molecular weight excluding hydrogens is 240 g/mol. The van der Waals surface area contributed by atoms with Gasteiger partial charge in [0.2, 0.25) is 0 Å². The van der Waals surface area contributed by atoms with Crippen molar-refractivity contribution in [2.75, 3.05) is 0 Å². The van der Waals surface area contributed by atoms with Crippen molar-refractivity contribution in [3.05, 3.63) is 0 Å². The first kappa shape index (κ1) is 18.1. The maximum Gasteiger partial charge on any atom is -0.0380 e. The Kier molecular flexibility index (Phi) is 7.09. The third kappa shape index (κ3) is 9.03. The van der Waals surface area contributed by atoms with Gasteiger partial charge in [0.05, 0.1) is 0 Å². The molecule has 0 heterocycles. The molecule has 0 aromatic heterocycles. The molecule has 0 atom stereocenters. The molecule has 2 aliphatic rings. The third-order valence-electron chi connectivity index (χ3n) is 4.75. The van der Waals surface area contributed by atoms with Crippen LogP contribution < -0.4 is 0 Å². The van der Waals surface area contributed by atoms with Crippen molar-refractivity contribution in [3.8, 4) is 0 Å². The molecule has 2 fully saturated rings. The first-order chi connectivity index (χ1) is 9.16. The average molecular weight is 281 g/mol. The Morgan fingerprint density at radius 2 is 0.900 bits per heavy atom. The lowest BCUT2D eigenvalue weighted by atomic mass is 9.74. The summed E-state index contributed by atoms with van der Waals surface area (Å²) >= 11 is 0. The predicted octanol–water partition coefficient (Wildman–Crippen LogP) is 7.23. The van der Waals surface area contributed by atoms with E-state index in [4.69, 9.17) is 0 Å². The Labute approximate surface area is 129 Å². The Hall–Kier alpha value is 0. The smallest absolute Gasteiger partial charge is 0.0380 e. The van der Waals surface area contributed by atoms with Crippen LogP contribution in [0.4, 0.5) is 0 Å². The number of hydrogen-bond acceptors (Lipinski definition) is 0. The van der Waals surface area contributed by atoms with Gasteiger partial charge in [-0.1, -0.05) is 92.9 Å². The van der Waals surface area contributed by atoms with Gasteiger partial charge in [0.25, 0.3) is 0 Å². The maximum absolute atomic E-state index is 2.36. The van der Waals surface area contributed by atoms with Crippen molar-refractivity contribution >= 4 is 0 Å². The van der Waals surface area contributed by atoms with Gasteiger partial charge in [-0.3, -0.25) is 0 Å². The van der Waals surface area contributed by atoms with Crippen molar-refractivity contribution < 1.29 is 0 Å². The first-order valence-electron chi connectivity index (χ1n) is 9.16. The molecule has 0 radical (unpaired) electrons. The molecular formula is C20H40. The summed E-state index contributed by atoms with van der Waals surface area (Å²) in [5.74, 6) is 2.12. The number of hydrogen-bond donors (Lipinski definition) is 0. The minimum absolute atomic E-state index is 0.558. The van der Waals surface area contributed by atoms with Crippen LogP contribution in [0.2, 0.25) is 0 Å². The molecule has 0 aliphatic heterocycles. The highest BCUT2D eigenvalue weighted by molar-refractivity contribution is 4.75. The van der Waals surface area contributed by atoms with Crippen molar-refractivity contribution in [3.63, 3.8) is 0 Å². The summed E-state index contributed by atoms with van der Waals surface area (Å²) in [6.07, 6.45) is 14.8. The van der Waals surface area contributed by atoms with E-state index in [2.05, 4.69) is 41.5 Å². The summed E-state index contributed by atoms with van der Waals surface area (Å²) in [4.78, 5) is 0. The highest BCUT2D eigenvalue weighted by Gasteiger charge is 2.23. The van der Waals surface area contributed by atoms with Gasteiger partial charge in [0.15, 0.2) is 0 Å². The fourth-order valence-corrected chi connectivity index (χ4v) is 3.82. The lowest BCUT2D eigenvalue weighted by Gasteiger charge is -2.31. The van der Waals surface area contributed by atoms with Crippen LogP contribution in [-0.4, -0.2) is 0 Å². The van der Waals surface area contributed by atoms with Crippen molar-refractivity contribution in [2.45, 2.75) is 106 Å². The second-order valence-electron chi connectivity index (χ2n) is 9.83. The van der Waals surface area contributed by atoms with Crippen LogP contribution in [0.25, 0.3) is 0 Å². The summed E-state index contributed by atoms with van der Waals surface area (Å²) < 4.78 is 0. The van der Waals surface area contributed by atoms with Crippen LogP contribution in [0, 0.1) is 22.7 Å². The van der Waals surface area contributed by atoms with Crippen molar-refractivity contribution in [2.24, 2.45) is 22.7 Å². The lowest BCUT2D eigenvalue weighted by Crippen LogP contribution is -2.18. The van der Waals surface area contributed by atoms with E-state index in [-0.39, 0.29) is 0 Å². The van der Waals surface area contributed by atoms with Crippen LogP contribution in [0.5, 0.6) is 0 Å². The molecule has 0 unspecified atom stereocenters. The van der Waals surface area contributed by atoms with Gasteiger partial charge in [-0.15, -0.1) is 0 Å². The normalized spacial score (nSPS) is 21.9. The lowest BCUT2D eigenvalue weighted by molar-refractivity contribution is 0.207. The molecule has 0 heteroatoms. The fraction of sp³-hybridized carbons (Fsp3) is 1.00. The van der Waals surface area contributed by atoms with E-state index in [0.29, 0.717) is 10.8 Å². The topological polar surface area (TPSA) is 0 Å². The molecule has 0 aromatic carbocycles. The predicted molar refractivity (Wildman–Crippen MR) is 92.1 cm³/mol. The minimum atomic E-state index is 0.558. The van der Waals surface area contributed by atoms with Crippen LogP contribution in [-0.2, 0) is 0 Å². The average Bonchev–Trinajstić information content (AvgIpc) is 2.23. The Morgan fingerprint density at radius 3 is 1.15 bits per heavy atom. The summed E-state index contributed by atoms with van der Waals surface area (Å²) in [5.41, 5.74) is 1.13. The monoisotopic (exact) mass is 280 g/mol. The minimum Gasteiger partial charge on any atom is -0.0602 e. The largest absolute Gasteiger partial charge is 0.0602 e. The molecule has 2 aliphatic carbocycles. The van der Waals surface area contributed by atoms with E-state index in [1.165, 1.54) is 64.2 Å². The third-order valence-corrected chi connectivity index (χ3v) is 4.75. The van der Waals surface area contributed by atoms with E-state index < -0.39 is 0 Å². The SMILES string of the molecule is CC(C)(C)CC1CCC1.CC(C)(C)CC1CCCCC1. The van der Waals surface area contributed by atoms with E-state index in [1.54, 1.807) is 0 Å². The van der Waals surface area contributed by atoms with E-state index in [1.807, 2.05) is 0 Å². The summed E-state index contributed by atoms with van der Waals surface area (Å²) in [7, 11) is 0. The first-order valence-corrected chi connectivity index (χ1v) is 9.16. The van der Waals surface area contributed by atoms with Crippen LogP contribution >= 0.6 is 0 Å². The zero-order valence-electron chi connectivity index (χ0n) is 15.2. The van der Waals surface area contributed by atoms with Gasteiger partial charge in [-0.05, 0) is 35.5 Å². The fourth-order valence-electron chi connectivity index (χ4n) is 3.82. The molecule has 20 heavy (non-hydrogen) atoms. The second-order valence-corrected chi connectivity index (χ2v) is 9.83. The zero-order valence-corrected chi connectivity index (χ0v) is 15.2. The van der Waals surface area contributed by atoms with Gasteiger partial charge in [0, 0.05) is 0 Å². The standard InChI is InChI=1S/C11H22.C9H18/c1-11(2,3)9-10-7-5-4-6-8-10;1-9(2,3)7-8-5-4-6-8/h10H,4-9H2,1-3H3;8H,4-7H2,1-3H3. The zero-order chi connectivity index (χ0) is 15.2. The van der Waals surface area contributed by atoms with Gasteiger partial charge in [-0.2, -0.15) is 0 Å². The Morgan fingerprint density at radius 1 is 0.550 bits per heavy atom. The molecule has 0 aromatic rings. The van der Waals surface area contributed by atoms with Crippen LogP contribution in [0.1, 0.15) is 106 Å². The Bertz CT molecular complexity index is 240. The maximum atomic E-state index is 2.36. The van der Waals surface area contributed by atoms with Gasteiger partial charge >= 0.3 is 0 Å². The van der Waals surface area contributed by atoms with Crippen molar-refractivity contribution in [1.82, 2.24) is 0 Å². The van der Waals surface area contributed by atoms with Crippen molar-refractivity contribution in [1.29, 1.82) is 0 Å². The van der Waals surface area contributed by atoms with Gasteiger partial charge in [0.1, 0.15) is 0 Å². The van der Waals surface area contributed by atoms with E-state index in [9.17, 15) is 0 Å². The second kappa shape index (κ2) is 7.85. The number of rotatable bonds is 2. The Balaban J connectivity index is 0.000000204. The van der Waals surface area contributed by atoms with Crippen LogP contribution in [0.3, 0.4) is 0 Å². The summed E-state index contributed by atoms with van der Waals surface area (Å²) in [6.45, 7) is 14.1. The highest BCUT2D eigenvalue weighted by atomic mass is 14.3. The molecule has 0 saturated heterocycles. The molecule has 0 spiro atoms. The van der Waals surface area contributed by atoms with Gasteiger partial charge < -0.3 is 0 Å². The molecule has 0 amide bonds. The van der Waals surface area contributed by atoms with E-state index in [0.717, 1.165) is 11.8 Å². The highest BCUT2D eigenvalue weighted by Crippen LogP contribution is 2.36. The molecule has 2 saturated carbocycles. The van der Waals surface area contributed by atoms with Crippen LogP contribution in [0.15, 0.2) is 0 Å². The molecule has 0 bridgehead atoms. The van der Waals surface area contributed by atoms with Gasteiger partial charge in [-0.25, -0.2) is 0 Å². The molecule has 2 rings (SSSR count). The van der Waals surface area contributed by atoms with E-state index >= 15 is 0 Å². The summed E-state index contributed by atoms with van der Waals surface area (Å²) in [5, 5.41) is 0. The quantitative estimate of drug-likeness (QED) is 0.500. The molecule has 0 N–H and O–H groups in total. The summed E-state index contributed by atoms with van der Waals surface area (Å²) in [6, 6.07) is 0.